The number of methoxy groups -OCH3 is 1. The van der Waals surface area contributed by atoms with E-state index in [9.17, 15) is 0 Å². The van der Waals surface area contributed by atoms with Crippen LogP contribution >= 0.6 is 11.6 Å². The van der Waals surface area contributed by atoms with Crippen molar-refractivity contribution in [1.29, 1.82) is 5.26 Å². The smallest absolute Gasteiger partial charge is 0.233 e. The molecule has 0 aromatic carbocycles. The van der Waals surface area contributed by atoms with Gasteiger partial charge < -0.3 is 9.47 Å². The van der Waals surface area contributed by atoms with E-state index in [1.54, 1.807) is 13.2 Å². The Balaban J connectivity index is 2.58. The molecule has 15 heavy (non-hydrogen) atoms. The van der Waals surface area contributed by atoms with E-state index in [0.29, 0.717) is 24.7 Å². The van der Waals surface area contributed by atoms with Crippen LogP contribution in [0.1, 0.15) is 12.0 Å². The van der Waals surface area contributed by atoms with Gasteiger partial charge in [-0.05, 0) is 6.07 Å². The quantitative estimate of drug-likeness (QED) is 0.721. The third kappa shape index (κ3) is 3.39. The number of hydrogen-bond acceptors (Lipinski definition) is 4. The molecule has 4 nitrogen and oxygen atoms in total. The molecule has 0 aliphatic rings. The van der Waals surface area contributed by atoms with Crippen molar-refractivity contribution < 1.29 is 9.47 Å². The van der Waals surface area contributed by atoms with Gasteiger partial charge in [0.25, 0.3) is 0 Å². The zero-order valence-electron chi connectivity index (χ0n) is 8.36. The minimum atomic E-state index is 0.261. The Kier molecular flexibility index (Phi) is 4.88. The maximum atomic E-state index is 8.71. The van der Waals surface area contributed by atoms with Gasteiger partial charge in [0.2, 0.25) is 5.88 Å². The number of nitriles is 1. The lowest BCUT2D eigenvalue weighted by molar-refractivity contribution is 0.170. The first kappa shape index (κ1) is 11.8. The number of rotatable bonds is 5. The fourth-order valence-corrected chi connectivity index (χ4v) is 1.19. The van der Waals surface area contributed by atoms with Gasteiger partial charge in [0.1, 0.15) is 11.1 Å². The highest BCUT2D eigenvalue weighted by atomic mass is 35.5. The predicted molar refractivity (Wildman–Crippen MR) is 56.0 cm³/mol. The van der Waals surface area contributed by atoms with Gasteiger partial charge >= 0.3 is 0 Å². The van der Waals surface area contributed by atoms with Gasteiger partial charge in [-0.25, -0.2) is 4.98 Å². The molecule has 80 valence electrons. The zero-order chi connectivity index (χ0) is 11.1. The molecule has 0 saturated heterocycles. The van der Waals surface area contributed by atoms with Crippen molar-refractivity contribution in [3.63, 3.8) is 0 Å². The first-order chi connectivity index (χ1) is 7.29. The Bertz CT molecular complexity index is 363. The molecule has 5 heteroatoms. The maximum absolute atomic E-state index is 8.71. The van der Waals surface area contributed by atoms with Crippen molar-refractivity contribution in [3.8, 4) is 11.9 Å². The molecule has 0 aliphatic heterocycles. The van der Waals surface area contributed by atoms with E-state index in [-0.39, 0.29) is 5.02 Å². The van der Waals surface area contributed by atoms with Crippen LogP contribution in [0.3, 0.4) is 0 Å². The van der Waals surface area contributed by atoms with Crippen LogP contribution in [0.15, 0.2) is 12.3 Å². The summed E-state index contributed by atoms with van der Waals surface area (Å²) in [4.78, 5) is 3.94. The van der Waals surface area contributed by atoms with Gasteiger partial charge in [0, 0.05) is 26.3 Å². The number of hydrogen-bond donors (Lipinski definition) is 0. The van der Waals surface area contributed by atoms with E-state index < -0.39 is 0 Å². The monoisotopic (exact) mass is 226 g/mol. The number of ether oxygens (including phenoxy) is 2. The summed E-state index contributed by atoms with van der Waals surface area (Å²) >= 11 is 5.88. The van der Waals surface area contributed by atoms with Gasteiger partial charge in [-0.2, -0.15) is 5.26 Å². The molecular weight excluding hydrogens is 216 g/mol. The fraction of sp³-hybridized carbons (Fsp3) is 0.400. The van der Waals surface area contributed by atoms with E-state index in [1.165, 1.54) is 6.20 Å². The second kappa shape index (κ2) is 6.23. The molecule has 0 aliphatic carbocycles. The molecule has 0 unspecified atom stereocenters. The van der Waals surface area contributed by atoms with Crippen molar-refractivity contribution in [1.82, 2.24) is 4.98 Å². The molecule has 1 rings (SSSR count). The van der Waals surface area contributed by atoms with Gasteiger partial charge in [0.15, 0.2) is 0 Å². The van der Waals surface area contributed by atoms with E-state index in [2.05, 4.69) is 4.98 Å². The predicted octanol–water partition coefficient (Wildman–Crippen LogP) is 2.02. The van der Waals surface area contributed by atoms with Crippen molar-refractivity contribution in [2.75, 3.05) is 20.3 Å². The SMILES string of the molecule is COCCCOc1nccc(C#N)c1Cl. The van der Waals surface area contributed by atoms with Crippen LogP contribution in [0, 0.1) is 11.3 Å². The van der Waals surface area contributed by atoms with E-state index in [4.69, 9.17) is 26.3 Å². The van der Waals surface area contributed by atoms with Gasteiger partial charge in [-0.3, -0.25) is 0 Å². The lowest BCUT2D eigenvalue weighted by Crippen LogP contribution is -2.03. The standard InChI is InChI=1S/C10H11ClN2O2/c1-14-5-2-6-15-10-9(11)8(7-12)3-4-13-10/h3-4H,2,5-6H2,1H3. The molecule has 0 atom stereocenters. The highest BCUT2D eigenvalue weighted by molar-refractivity contribution is 6.32. The average molecular weight is 227 g/mol. The summed E-state index contributed by atoms with van der Waals surface area (Å²) < 4.78 is 10.2. The summed E-state index contributed by atoms with van der Waals surface area (Å²) in [6.45, 7) is 1.09. The second-order valence-electron chi connectivity index (χ2n) is 2.78. The summed E-state index contributed by atoms with van der Waals surface area (Å²) in [7, 11) is 1.63. The van der Waals surface area contributed by atoms with Crippen molar-refractivity contribution >= 4 is 11.6 Å². The van der Waals surface area contributed by atoms with E-state index in [0.717, 1.165) is 6.42 Å². The summed E-state index contributed by atoms with van der Waals surface area (Å²) in [5.74, 6) is 0.298. The van der Waals surface area contributed by atoms with Crippen molar-refractivity contribution in [2.24, 2.45) is 0 Å². The Hall–Kier alpha value is -1.31. The Morgan fingerprint density at radius 2 is 2.33 bits per heavy atom. The molecule has 0 N–H and O–H groups in total. The second-order valence-corrected chi connectivity index (χ2v) is 3.16. The summed E-state index contributed by atoms with van der Waals surface area (Å²) in [6, 6.07) is 3.51. The highest BCUT2D eigenvalue weighted by Gasteiger charge is 2.07. The molecule has 0 spiro atoms. The van der Waals surface area contributed by atoms with E-state index >= 15 is 0 Å². The largest absolute Gasteiger partial charge is 0.476 e. The van der Waals surface area contributed by atoms with E-state index in [1.807, 2.05) is 6.07 Å². The van der Waals surface area contributed by atoms with Crippen LogP contribution in [0.2, 0.25) is 5.02 Å². The summed E-state index contributed by atoms with van der Waals surface area (Å²) in [6.07, 6.45) is 2.25. The number of nitrogens with zero attached hydrogens (tertiary/aromatic N) is 2. The number of aromatic nitrogens is 1. The Labute approximate surface area is 93.4 Å². The molecular formula is C10H11ClN2O2. The van der Waals surface area contributed by atoms with Gasteiger partial charge in [-0.15, -0.1) is 0 Å². The first-order valence-corrected chi connectivity index (χ1v) is 4.83. The molecule has 0 fully saturated rings. The lowest BCUT2D eigenvalue weighted by Gasteiger charge is -2.06. The fourth-order valence-electron chi connectivity index (χ4n) is 0.984. The van der Waals surface area contributed by atoms with Crippen LogP contribution in [0.5, 0.6) is 5.88 Å². The molecule has 1 aromatic heterocycles. The third-order valence-electron chi connectivity index (χ3n) is 1.71. The van der Waals surface area contributed by atoms with Crippen molar-refractivity contribution in [2.45, 2.75) is 6.42 Å². The van der Waals surface area contributed by atoms with Gasteiger partial charge in [-0.1, -0.05) is 11.6 Å². The topological polar surface area (TPSA) is 55.1 Å². The lowest BCUT2D eigenvalue weighted by atomic mass is 10.3. The summed E-state index contributed by atoms with van der Waals surface area (Å²) in [5, 5.41) is 8.98. The highest BCUT2D eigenvalue weighted by Crippen LogP contribution is 2.24. The maximum Gasteiger partial charge on any atom is 0.233 e. The van der Waals surface area contributed by atoms with Crippen LogP contribution in [-0.4, -0.2) is 25.3 Å². The zero-order valence-corrected chi connectivity index (χ0v) is 9.12. The normalized spacial score (nSPS) is 9.67. The molecule has 1 heterocycles. The van der Waals surface area contributed by atoms with Crippen LogP contribution in [-0.2, 0) is 4.74 Å². The van der Waals surface area contributed by atoms with Crippen molar-refractivity contribution in [3.05, 3.63) is 22.8 Å². The van der Waals surface area contributed by atoms with Gasteiger partial charge in [0.05, 0.1) is 12.2 Å². The molecule has 0 radical (unpaired) electrons. The Morgan fingerprint density at radius 1 is 1.53 bits per heavy atom. The average Bonchev–Trinajstić information content (AvgIpc) is 2.26. The number of pyridine rings is 1. The molecule has 1 aromatic rings. The first-order valence-electron chi connectivity index (χ1n) is 4.46. The molecule has 0 saturated carbocycles. The minimum absolute atomic E-state index is 0.261. The third-order valence-corrected chi connectivity index (χ3v) is 2.07. The minimum Gasteiger partial charge on any atom is -0.476 e. The number of halogens is 1. The van der Waals surface area contributed by atoms with Crippen LogP contribution in [0.4, 0.5) is 0 Å². The van der Waals surface area contributed by atoms with Crippen LogP contribution < -0.4 is 4.74 Å². The summed E-state index contributed by atoms with van der Waals surface area (Å²) in [5.41, 5.74) is 0.369. The van der Waals surface area contributed by atoms with Crippen LogP contribution in [0.25, 0.3) is 0 Å². The molecule has 0 bridgehead atoms. The Morgan fingerprint density at radius 3 is 3.00 bits per heavy atom. The molecule has 0 amide bonds.